The molecule has 0 fully saturated rings. The number of hydrogen-bond acceptors (Lipinski definition) is 4. The predicted octanol–water partition coefficient (Wildman–Crippen LogP) is 1.59. The van der Waals surface area contributed by atoms with E-state index in [2.05, 4.69) is 0 Å². The maximum absolute atomic E-state index is 11.1. The summed E-state index contributed by atoms with van der Waals surface area (Å²) in [7, 11) is 0. The Hall–Kier alpha value is -2.10. The van der Waals surface area contributed by atoms with Gasteiger partial charge in [0.15, 0.2) is 0 Å². The molecule has 0 spiro atoms. The molecule has 96 valence electrons. The van der Waals surface area contributed by atoms with Crippen molar-refractivity contribution < 1.29 is 14.3 Å². The second-order valence-corrected chi connectivity index (χ2v) is 4.00. The maximum Gasteiger partial charge on any atom is 0.313 e. The molecule has 0 amide bonds. The van der Waals surface area contributed by atoms with Gasteiger partial charge in [0.1, 0.15) is 18.8 Å². The summed E-state index contributed by atoms with van der Waals surface area (Å²) >= 11 is 0. The Balaban J connectivity index is 2.34. The van der Waals surface area contributed by atoms with Gasteiger partial charge in [-0.1, -0.05) is 30.3 Å². The minimum atomic E-state index is -0.522. The minimum Gasteiger partial charge on any atom is -0.461 e. The van der Waals surface area contributed by atoms with E-state index in [0.29, 0.717) is 12.1 Å². The monoisotopic (exact) mass is 247 g/mol. The fraction of sp³-hybridized carbons (Fsp3) is 0.286. The summed E-state index contributed by atoms with van der Waals surface area (Å²) in [4.78, 5) is 21.7. The normalized spacial score (nSPS) is 11.1. The SMILES string of the molecule is CC(=O)CC(=O)OCC=C(N)Cc1ccccc1. The highest BCUT2D eigenvalue weighted by Crippen LogP contribution is 2.03. The summed E-state index contributed by atoms with van der Waals surface area (Å²) in [6.45, 7) is 1.45. The molecular formula is C14H17NO3. The maximum atomic E-state index is 11.1. The highest BCUT2D eigenvalue weighted by molar-refractivity contribution is 5.94. The van der Waals surface area contributed by atoms with E-state index in [-0.39, 0.29) is 18.8 Å². The lowest BCUT2D eigenvalue weighted by Crippen LogP contribution is -2.10. The number of rotatable bonds is 6. The van der Waals surface area contributed by atoms with Crippen LogP contribution in [-0.2, 0) is 20.7 Å². The molecule has 1 rings (SSSR count). The Morgan fingerprint density at radius 2 is 1.94 bits per heavy atom. The van der Waals surface area contributed by atoms with Gasteiger partial charge in [-0.25, -0.2) is 0 Å². The molecule has 0 aliphatic rings. The van der Waals surface area contributed by atoms with Crippen molar-refractivity contribution in [3.63, 3.8) is 0 Å². The van der Waals surface area contributed by atoms with Crippen LogP contribution in [0.25, 0.3) is 0 Å². The summed E-state index contributed by atoms with van der Waals surface area (Å²) < 4.78 is 4.85. The van der Waals surface area contributed by atoms with Gasteiger partial charge in [0.25, 0.3) is 0 Å². The van der Waals surface area contributed by atoms with Crippen LogP contribution in [0.3, 0.4) is 0 Å². The van der Waals surface area contributed by atoms with Crippen LogP contribution >= 0.6 is 0 Å². The number of allylic oxidation sites excluding steroid dienone is 1. The lowest BCUT2D eigenvalue weighted by Gasteiger charge is -2.03. The van der Waals surface area contributed by atoms with Crippen molar-refractivity contribution in [1.29, 1.82) is 0 Å². The molecule has 0 heterocycles. The molecule has 4 nitrogen and oxygen atoms in total. The first-order chi connectivity index (χ1) is 8.58. The van der Waals surface area contributed by atoms with Gasteiger partial charge in [0.2, 0.25) is 0 Å². The standard InChI is InChI=1S/C14H17NO3/c1-11(16)9-14(17)18-8-7-13(15)10-12-5-3-2-4-6-12/h2-7H,8-10,15H2,1H3. The molecule has 0 aliphatic heterocycles. The van der Waals surface area contributed by atoms with Gasteiger partial charge in [-0.3, -0.25) is 9.59 Å². The van der Waals surface area contributed by atoms with Crippen LogP contribution in [0.1, 0.15) is 18.9 Å². The summed E-state index contributed by atoms with van der Waals surface area (Å²) in [6.07, 6.45) is 2.07. The number of ether oxygens (including phenoxy) is 1. The number of nitrogens with two attached hydrogens (primary N) is 1. The van der Waals surface area contributed by atoms with E-state index in [4.69, 9.17) is 10.5 Å². The van der Waals surface area contributed by atoms with Gasteiger partial charge in [-0.05, 0) is 18.6 Å². The molecule has 1 aromatic rings. The fourth-order valence-electron chi connectivity index (χ4n) is 1.40. The number of Topliss-reactive ketones (excluding diaryl/α,β-unsaturated/α-hetero) is 1. The molecule has 0 aromatic heterocycles. The zero-order valence-electron chi connectivity index (χ0n) is 10.4. The quantitative estimate of drug-likeness (QED) is 0.612. The van der Waals surface area contributed by atoms with E-state index >= 15 is 0 Å². The smallest absolute Gasteiger partial charge is 0.313 e. The average Bonchev–Trinajstić information content (AvgIpc) is 2.29. The summed E-state index contributed by atoms with van der Waals surface area (Å²) in [6, 6.07) is 9.77. The van der Waals surface area contributed by atoms with Crippen LogP contribution in [0.2, 0.25) is 0 Å². The second-order valence-electron chi connectivity index (χ2n) is 4.00. The highest BCUT2D eigenvalue weighted by atomic mass is 16.5. The van der Waals surface area contributed by atoms with Crippen molar-refractivity contribution in [3.05, 3.63) is 47.7 Å². The third-order valence-corrected chi connectivity index (χ3v) is 2.23. The molecule has 0 radical (unpaired) electrons. The van der Waals surface area contributed by atoms with Crippen molar-refractivity contribution in [2.75, 3.05) is 6.61 Å². The molecule has 0 aliphatic carbocycles. The molecule has 0 atom stereocenters. The van der Waals surface area contributed by atoms with Gasteiger partial charge >= 0.3 is 5.97 Å². The number of carbonyl (C=O) groups is 2. The molecule has 0 bridgehead atoms. The Kier molecular flexibility index (Phi) is 5.64. The number of benzene rings is 1. The van der Waals surface area contributed by atoms with E-state index in [9.17, 15) is 9.59 Å². The number of carbonyl (C=O) groups excluding carboxylic acids is 2. The van der Waals surface area contributed by atoms with Crippen LogP contribution in [-0.4, -0.2) is 18.4 Å². The van der Waals surface area contributed by atoms with Gasteiger partial charge < -0.3 is 10.5 Å². The molecule has 2 N–H and O–H groups in total. The molecule has 0 saturated heterocycles. The Morgan fingerprint density at radius 1 is 1.28 bits per heavy atom. The van der Waals surface area contributed by atoms with Crippen molar-refractivity contribution in [3.8, 4) is 0 Å². The summed E-state index contributed by atoms with van der Waals surface area (Å²) in [5, 5.41) is 0. The largest absolute Gasteiger partial charge is 0.461 e. The molecule has 4 heteroatoms. The van der Waals surface area contributed by atoms with Crippen molar-refractivity contribution in [2.45, 2.75) is 19.8 Å². The lowest BCUT2D eigenvalue weighted by molar-refractivity contribution is -0.144. The van der Waals surface area contributed by atoms with Crippen LogP contribution in [0.5, 0.6) is 0 Å². The molecular weight excluding hydrogens is 230 g/mol. The van der Waals surface area contributed by atoms with E-state index in [1.165, 1.54) is 6.92 Å². The highest BCUT2D eigenvalue weighted by Gasteiger charge is 2.05. The topological polar surface area (TPSA) is 69.4 Å². The van der Waals surface area contributed by atoms with E-state index in [1.54, 1.807) is 6.08 Å². The van der Waals surface area contributed by atoms with Gasteiger partial charge in [0.05, 0.1) is 0 Å². The third kappa shape index (κ3) is 5.84. The van der Waals surface area contributed by atoms with E-state index in [0.717, 1.165) is 5.56 Å². The Bertz CT molecular complexity index is 438. The van der Waals surface area contributed by atoms with Crippen molar-refractivity contribution in [2.24, 2.45) is 5.73 Å². The van der Waals surface area contributed by atoms with Crippen LogP contribution in [0.15, 0.2) is 42.1 Å². The zero-order chi connectivity index (χ0) is 13.4. The molecule has 0 saturated carbocycles. The molecule has 18 heavy (non-hydrogen) atoms. The Labute approximate surface area is 106 Å². The van der Waals surface area contributed by atoms with Gasteiger partial charge in [-0.15, -0.1) is 0 Å². The number of esters is 1. The van der Waals surface area contributed by atoms with Crippen molar-refractivity contribution in [1.82, 2.24) is 0 Å². The summed E-state index contributed by atoms with van der Waals surface area (Å²) in [5.74, 6) is -0.729. The van der Waals surface area contributed by atoms with Gasteiger partial charge in [-0.2, -0.15) is 0 Å². The first kappa shape index (κ1) is 14.0. The third-order valence-electron chi connectivity index (χ3n) is 2.23. The number of ketones is 1. The van der Waals surface area contributed by atoms with Crippen LogP contribution in [0.4, 0.5) is 0 Å². The van der Waals surface area contributed by atoms with Crippen molar-refractivity contribution >= 4 is 11.8 Å². The average molecular weight is 247 g/mol. The van der Waals surface area contributed by atoms with Crippen LogP contribution < -0.4 is 5.73 Å². The van der Waals surface area contributed by atoms with Crippen LogP contribution in [0, 0.1) is 0 Å². The van der Waals surface area contributed by atoms with Gasteiger partial charge in [0, 0.05) is 12.1 Å². The summed E-state index contributed by atoms with van der Waals surface area (Å²) in [5.41, 5.74) is 7.53. The van der Waals surface area contributed by atoms with E-state index < -0.39 is 5.97 Å². The first-order valence-corrected chi connectivity index (χ1v) is 5.71. The lowest BCUT2D eigenvalue weighted by atomic mass is 10.1. The molecule has 0 unspecified atom stereocenters. The second kappa shape index (κ2) is 7.27. The number of hydrogen-bond donors (Lipinski definition) is 1. The first-order valence-electron chi connectivity index (χ1n) is 5.71. The van der Waals surface area contributed by atoms with E-state index in [1.807, 2.05) is 30.3 Å². The fourth-order valence-corrected chi connectivity index (χ4v) is 1.40. The Morgan fingerprint density at radius 3 is 2.56 bits per heavy atom. The predicted molar refractivity (Wildman–Crippen MR) is 68.7 cm³/mol. The minimum absolute atomic E-state index is 0.102. The zero-order valence-corrected chi connectivity index (χ0v) is 10.4. The molecule has 1 aromatic carbocycles.